The number of rotatable bonds is 7. The molecule has 9 aromatic rings. The SMILES string of the molecule is Cc1cc(C)c(-n2ccnc2-c2[c-]c(Oc3[c-]c4c(cc3)c3cccc(-c5ccccc5)c3n4-c3cc(-c4cccc(C(C)(C)C)c4)ccn3)cc(C(C)(C)C)c2)c(C)c1.[Pt+2]. The predicted molar refractivity (Wildman–Crippen MR) is 248 cm³/mol. The third-order valence-electron chi connectivity index (χ3n) is 11.5. The average molecular weight is 978 g/mol. The van der Waals surface area contributed by atoms with Crippen molar-refractivity contribution in [3.05, 3.63) is 180 Å². The number of aryl methyl sites for hydroxylation is 3. The van der Waals surface area contributed by atoms with Gasteiger partial charge in [0.05, 0.1) is 5.82 Å². The molecule has 61 heavy (non-hydrogen) atoms. The summed E-state index contributed by atoms with van der Waals surface area (Å²) >= 11 is 0. The molecule has 0 spiro atoms. The van der Waals surface area contributed by atoms with Crippen LogP contribution in [0.15, 0.2) is 140 Å². The molecule has 306 valence electrons. The second kappa shape index (κ2) is 16.1. The third kappa shape index (κ3) is 8.00. The van der Waals surface area contributed by atoms with Crippen molar-refractivity contribution in [1.29, 1.82) is 0 Å². The molecular formula is C55H50N4OPt. The Morgan fingerprint density at radius 2 is 1.28 bits per heavy atom. The van der Waals surface area contributed by atoms with E-state index in [1.165, 1.54) is 22.3 Å². The monoisotopic (exact) mass is 977 g/mol. The van der Waals surface area contributed by atoms with E-state index < -0.39 is 0 Å². The van der Waals surface area contributed by atoms with Crippen molar-refractivity contribution >= 4 is 21.8 Å². The van der Waals surface area contributed by atoms with Gasteiger partial charge in [0.2, 0.25) is 0 Å². The summed E-state index contributed by atoms with van der Waals surface area (Å²) in [6.07, 6.45) is 5.81. The van der Waals surface area contributed by atoms with Crippen molar-refractivity contribution in [3.63, 3.8) is 0 Å². The molecule has 0 saturated heterocycles. The first-order valence-corrected chi connectivity index (χ1v) is 20.7. The number of fused-ring (bicyclic) bond motifs is 3. The summed E-state index contributed by atoms with van der Waals surface area (Å²) in [5.41, 5.74) is 14.4. The van der Waals surface area contributed by atoms with E-state index in [0.29, 0.717) is 11.5 Å². The Morgan fingerprint density at radius 3 is 2.02 bits per heavy atom. The Balaban J connectivity index is 0.00000514. The summed E-state index contributed by atoms with van der Waals surface area (Å²) in [6.45, 7) is 19.9. The van der Waals surface area contributed by atoms with Crippen molar-refractivity contribution < 1.29 is 25.8 Å². The number of pyridine rings is 1. The number of ether oxygens (including phenoxy) is 1. The van der Waals surface area contributed by atoms with Crippen LogP contribution in [0.3, 0.4) is 0 Å². The van der Waals surface area contributed by atoms with Crippen molar-refractivity contribution in [2.24, 2.45) is 0 Å². The molecule has 6 heteroatoms. The fourth-order valence-corrected chi connectivity index (χ4v) is 8.50. The maximum atomic E-state index is 6.83. The number of para-hydroxylation sites is 1. The van der Waals surface area contributed by atoms with E-state index in [4.69, 9.17) is 14.7 Å². The molecule has 0 fully saturated rings. The van der Waals surface area contributed by atoms with Gasteiger partial charge in [0, 0.05) is 46.9 Å². The maximum Gasteiger partial charge on any atom is 2.00 e. The molecule has 3 aromatic heterocycles. The molecule has 6 aromatic carbocycles. The van der Waals surface area contributed by atoms with Gasteiger partial charge in [-0.2, -0.15) is 6.07 Å². The normalized spacial score (nSPS) is 11.9. The van der Waals surface area contributed by atoms with E-state index in [0.717, 1.165) is 72.5 Å². The zero-order valence-electron chi connectivity index (χ0n) is 36.3. The summed E-state index contributed by atoms with van der Waals surface area (Å²) in [6, 6.07) is 50.4. The van der Waals surface area contributed by atoms with Crippen LogP contribution in [0.1, 0.15) is 69.4 Å². The van der Waals surface area contributed by atoms with Gasteiger partial charge in [-0.05, 0) is 82.5 Å². The van der Waals surface area contributed by atoms with Crippen molar-refractivity contribution in [3.8, 4) is 56.6 Å². The maximum absolute atomic E-state index is 6.83. The van der Waals surface area contributed by atoms with Gasteiger partial charge < -0.3 is 13.9 Å². The summed E-state index contributed by atoms with van der Waals surface area (Å²) < 4.78 is 11.3. The fourth-order valence-electron chi connectivity index (χ4n) is 8.50. The fraction of sp³-hybridized carbons (Fsp3) is 0.200. The first-order chi connectivity index (χ1) is 28.7. The topological polar surface area (TPSA) is 44.9 Å². The molecule has 0 saturated carbocycles. The molecule has 0 amide bonds. The van der Waals surface area contributed by atoms with Crippen LogP contribution in [0.5, 0.6) is 11.5 Å². The summed E-state index contributed by atoms with van der Waals surface area (Å²) in [5, 5.41) is 2.18. The number of imidazole rings is 1. The first-order valence-electron chi connectivity index (χ1n) is 20.7. The predicted octanol–water partition coefficient (Wildman–Crippen LogP) is 14.3. The number of hydrogen-bond donors (Lipinski definition) is 0. The van der Waals surface area contributed by atoms with Gasteiger partial charge in [-0.1, -0.05) is 150 Å². The number of aromatic nitrogens is 4. The van der Waals surface area contributed by atoms with Gasteiger partial charge in [-0.25, -0.2) is 4.98 Å². The van der Waals surface area contributed by atoms with Crippen LogP contribution in [-0.4, -0.2) is 19.1 Å². The van der Waals surface area contributed by atoms with Crippen LogP contribution in [0.2, 0.25) is 0 Å². The van der Waals surface area contributed by atoms with E-state index in [-0.39, 0.29) is 31.9 Å². The number of nitrogens with zero attached hydrogens (tertiary/aromatic N) is 4. The Morgan fingerprint density at radius 1 is 0.574 bits per heavy atom. The van der Waals surface area contributed by atoms with E-state index >= 15 is 0 Å². The minimum Gasteiger partial charge on any atom is -0.503 e. The minimum absolute atomic E-state index is 0. The van der Waals surface area contributed by atoms with Gasteiger partial charge in [0.1, 0.15) is 5.82 Å². The molecule has 0 unspecified atom stereocenters. The Bertz CT molecular complexity index is 3050. The zero-order chi connectivity index (χ0) is 41.9. The largest absolute Gasteiger partial charge is 2.00 e. The van der Waals surface area contributed by atoms with Crippen LogP contribution in [0.25, 0.3) is 67.0 Å². The Labute approximate surface area is 374 Å². The summed E-state index contributed by atoms with van der Waals surface area (Å²) in [5.74, 6) is 2.81. The second-order valence-corrected chi connectivity index (χ2v) is 18.1. The molecule has 0 aliphatic heterocycles. The number of hydrogen-bond acceptors (Lipinski definition) is 3. The molecule has 0 atom stereocenters. The van der Waals surface area contributed by atoms with Gasteiger partial charge in [-0.15, -0.1) is 34.7 Å². The molecule has 9 rings (SSSR count). The van der Waals surface area contributed by atoms with E-state index in [1.54, 1.807) is 0 Å². The Kier molecular flexibility index (Phi) is 11.0. The smallest absolute Gasteiger partial charge is 0.503 e. The van der Waals surface area contributed by atoms with Crippen LogP contribution in [-0.2, 0) is 31.9 Å². The second-order valence-electron chi connectivity index (χ2n) is 18.1. The molecule has 0 radical (unpaired) electrons. The number of benzene rings is 6. The summed E-state index contributed by atoms with van der Waals surface area (Å²) in [4.78, 5) is 9.93. The molecule has 0 bridgehead atoms. The first kappa shape index (κ1) is 41.7. The van der Waals surface area contributed by atoms with Crippen LogP contribution in [0, 0.1) is 32.9 Å². The van der Waals surface area contributed by atoms with Gasteiger partial charge in [-0.3, -0.25) is 4.98 Å². The standard InChI is InChI=1S/C55H50N4O.Pt/c1-35-27-36(2)51(37(3)28-35)58-26-25-57-53(58)41-30-43(55(7,8)9)33-45(31-41)60-44-21-22-47-48-20-14-19-46(38-15-11-10-12-16-38)52(48)59(49(47)34-44)50-32-40(23-24-56-50)39-17-13-18-42(29-39)54(4,5)6;/h10-30,32-33H,1-9H3;/q-2;+2. The van der Waals surface area contributed by atoms with Gasteiger partial charge in [0.15, 0.2) is 0 Å². The van der Waals surface area contributed by atoms with E-state index in [9.17, 15) is 0 Å². The zero-order valence-corrected chi connectivity index (χ0v) is 38.6. The van der Waals surface area contributed by atoms with Crippen molar-refractivity contribution in [2.75, 3.05) is 0 Å². The molecule has 0 aliphatic carbocycles. The van der Waals surface area contributed by atoms with Gasteiger partial charge >= 0.3 is 21.1 Å². The molecule has 3 heterocycles. The van der Waals surface area contributed by atoms with Gasteiger partial charge in [0.25, 0.3) is 0 Å². The quantitative estimate of drug-likeness (QED) is 0.150. The van der Waals surface area contributed by atoms with Crippen LogP contribution < -0.4 is 4.74 Å². The van der Waals surface area contributed by atoms with Crippen LogP contribution in [0.4, 0.5) is 0 Å². The van der Waals surface area contributed by atoms with Crippen LogP contribution >= 0.6 is 0 Å². The molecular weight excluding hydrogens is 928 g/mol. The molecule has 0 aliphatic rings. The molecule has 0 N–H and O–H groups in total. The molecule has 5 nitrogen and oxygen atoms in total. The van der Waals surface area contributed by atoms with E-state index in [2.05, 4.69) is 199 Å². The third-order valence-corrected chi connectivity index (χ3v) is 11.5. The average Bonchev–Trinajstić information content (AvgIpc) is 3.83. The minimum atomic E-state index is -0.161. The van der Waals surface area contributed by atoms with E-state index in [1.807, 2.05) is 24.7 Å². The van der Waals surface area contributed by atoms with Crippen molar-refractivity contribution in [2.45, 2.75) is 73.1 Å². The summed E-state index contributed by atoms with van der Waals surface area (Å²) in [7, 11) is 0. The van der Waals surface area contributed by atoms with Crippen molar-refractivity contribution in [1.82, 2.24) is 19.1 Å². The Hall–Kier alpha value is -6.03.